The molecular formula is C15H20F3N3. The number of rotatable bonds is 5. The molecule has 21 heavy (non-hydrogen) atoms. The van der Waals surface area contributed by atoms with Crippen molar-refractivity contribution < 1.29 is 13.2 Å². The van der Waals surface area contributed by atoms with Crippen molar-refractivity contribution in [2.24, 2.45) is 11.7 Å². The van der Waals surface area contributed by atoms with Gasteiger partial charge in [0.15, 0.2) is 0 Å². The van der Waals surface area contributed by atoms with Gasteiger partial charge in [-0.2, -0.15) is 13.2 Å². The fraction of sp³-hybridized carbons (Fsp3) is 0.533. The molecule has 0 spiro atoms. The summed E-state index contributed by atoms with van der Waals surface area (Å²) in [6, 6.07) is 3.88. The molecule has 0 saturated heterocycles. The molecule has 0 amide bonds. The minimum atomic E-state index is -4.50. The average Bonchev–Trinajstić information content (AvgIpc) is 2.36. The number of halogens is 3. The number of alkyl halides is 3. The van der Waals surface area contributed by atoms with Crippen LogP contribution in [-0.2, 0) is 6.18 Å². The Morgan fingerprint density at radius 3 is 2.48 bits per heavy atom. The van der Waals surface area contributed by atoms with Crippen LogP contribution < -0.4 is 10.6 Å². The topological polar surface area (TPSA) is 53.1 Å². The fourth-order valence-electron chi connectivity index (χ4n) is 2.60. The van der Waals surface area contributed by atoms with Crippen LogP contribution in [0.1, 0.15) is 37.3 Å². The van der Waals surface area contributed by atoms with Crippen molar-refractivity contribution >= 4 is 11.5 Å². The highest BCUT2D eigenvalue weighted by molar-refractivity contribution is 5.97. The van der Waals surface area contributed by atoms with Crippen molar-refractivity contribution in [3.8, 4) is 0 Å². The molecular weight excluding hydrogens is 279 g/mol. The summed E-state index contributed by atoms with van der Waals surface area (Å²) < 4.78 is 38.8. The predicted octanol–water partition coefficient (Wildman–Crippen LogP) is 3.62. The first-order valence-corrected chi connectivity index (χ1v) is 7.13. The van der Waals surface area contributed by atoms with Crippen LogP contribution in [0.25, 0.3) is 0 Å². The Morgan fingerprint density at radius 2 is 2.05 bits per heavy atom. The molecule has 0 aliphatic heterocycles. The molecule has 3 nitrogen and oxygen atoms in total. The van der Waals surface area contributed by atoms with Gasteiger partial charge in [-0.05, 0) is 43.9 Å². The molecule has 0 atom stereocenters. The number of nitrogens with zero attached hydrogens (tertiary/aromatic N) is 1. The van der Waals surface area contributed by atoms with Gasteiger partial charge in [0, 0.05) is 24.3 Å². The van der Waals surface area contributed by atoms with E-state index in [2.05, 4.69) is 4.90 Å². The Morgan fingerprint density at radius 1 is 1.38 bits per heavy atom. The second kappa shape index (κ2) is 5.95. The van der Waals surface area contributed by atoms with Crippen LogP contribution in [0.5, 0.6) is 0 Å². The number of hydrogen-bond donors (Lipinski definition) is 2. The highest BCUT2D eigenvalue weighted by atomic mass is 19.4. The van der Waals surface area contributed by atoms with Crippen molar-refractivity contribution in [3.63, 3.8) is 0 Å². The first-order valence-electron chi connectivity index (χ1n) is 7.13. The fourth-order valence-corrected chi connectivity index (χ4v) is 2.60. The average molecular weight is 299 g/mol. The van der Waals surface area contributed by atoms with Crippen molar-refractivity contribution in [1.29, 1.82) is 5.41 Å². The lowest BCUT2D eigenvalue weighted by Crippen LogP contribution is -2.32. The largest absolute Gasteiger partial charge is 0.417 e. The molecule has 0 heterocycles. The first-order chi connectivity index (χ1) is 9.82. The van der Waals surface area contributed by atoms with E-state index in [1.54, 1.807) is 0 Å². The van der Waals surface area contributed by atoms with Crippen molar-refractivity contribution in [1.82, 2.24) is 0 Å². The number of anilines is 1. The molecule has 0 unspecified atom stereocenters. The van der Waals surface area contributed by atoms with Gasteiger partial charge in [-0.3, -0.25) is 5.41 Å². The van der Waals surface area contributed by atoms with Gasteiger partial charge in [0.25, 0.3) is 0 Å². The van der Waals surface area contributed by atoms with Crippen molar-refractivity contribution in [3.05, 3.63) is 29.3 Å². The number of amidine groups is 1. The Hall–Kier alpha value is -1.72. The SMILES string of the molecule is CCN(CC1CCC1)c1ccc(C(F)(F)F)c(C(=N)N)c1. The lowest BCUT2D eigenvalue weighted by molar-refractivity contribution is -0.137. The van der Waals surface area contributed by atoms with Crippen LogP contribution in [-0.4, -0.2) is 18.9 Å². The number of benzene rings is 1. The minimum Gasteiger partial charge on any atom is -0.384 e. The maximum Gasteiger partial charge on any atom is 0.417 e. The van der Waals surface area contributed by atoms with E-state index in [0.29, 0.717) is 11.6 Å². The van der Waals surface area contributed by atoms with E-state index in [1.165, 1.54) is 31.4 Å². The van der Waals surface area contributed by atoms with E-state index in [0.717, 1.165) is 19.2 Å². The molecule has 1 aromatic rings. The smallest absolute Gasteiger partial charge is 0.384 e. The van der Waals surface area contributed by atoms with Gasteiger partial charge >= 0.3 is 6.18 Å². The molecule has 1 aliphatic carbocycles. The summed E-state index contributed by atoms with van der Waals surface area (Å²) in [7, 11) is 0. The van der Waals surface area contributed by atoms with Crippen LogP contribution >= 0.6 is 0 Å². The minimum absolute atomic E-state index is 0.243. The van der Waals surface area contributed by atoms with Crippen LogP contribution in [0, 0.1) is 11.3 Å². The molecule has 0 radical (unpaired) electrons. The van der Waals surface area contributed by atoms with Crippen LogP contribution in [0.2, 0.25) is 0 Å². The second-order valence-corrected chi connectivity index (χ2v) is 5.48. The zero-order chi connectivity index (χ0) is 15.6. The van der Waals surface area contributed by atoms with E-state index in [1.807, 2.05) is 6.92 Å². The highest BCUT2D eigenvalue weighted by Crippen LogP contribution is 2.35. The second-order valence-electron chi connectivity index (χ2n) is 5.48. The van der Waals surface area contributed by atoms with Gasteiger partial charge in [0.05, 0.1) is 5.56 Å². The molecule has 1 fully saturated rings. The Kier molecular flexibility index (Phi) is 4.44. The number of nitrogens with one attached hydrogen (secondary N) is 1. The summed E-state index contributed by atoms with van der Waals surface area (Å²) in [6.07, 6.45) is -0.911. The van der Waals surface area contributed by atoms with E-state index in [-0.39, 0.29) is 5.56 Å². The lowest BCUT2D eigenvalue weighted by atomic mass is 9.85. The zero-order valence-corrected chi connectivity index (χ0v) is 12.0. The molecule has 1 aromatic carbocycles. The molecule has 0 bridgehead atoms. The van der Waals surface area contributed by atoms with Crippen LogP contribution in [0.4, 0.5) is 18.9 Å². The van der Waals surface area contributed by atoms with Gasteiger partial charge < -0.3 is 10.6 Å². The first kappa shape index (κ1) is 15.7. The summed E-state index contributed by atoms with van der Waals surface area (Å²) >= 11 is 0. The van der Waals surface area contributed by atoms with Gasteiger partial charge in [-0.1, -0.05) is 6.42 Å². The number of nitrogens with two attached hydrogens (primary N) is 1. The standard InChI is InChI=1S/C15H20F3N3/c1-2-21(9-10-4-3-5-10)11-6-7-13(15(16,17)18)12(8-11)14(19)20/h6-8,10H,2-5,9H2,1H3,(H3,19,20). The third-order valence-electron chi connectivity index (χ3n) is 4.05. The molecule has 1 saturated carbocycles. The molecule has 1 aliphatic rings. The van der Waals surface area contributed by atoms with Crippen molar-refractivity contribution in [2.75, 3.05) is 18.0 Å². The molecule has 3 N–H and O–H groups in total. The van der Waals surface area contributed by atoms with Gasteiger partial charge in [-0.25, -0.2) is 0 Å². The quantitative estimate of drug-likeness (QED) is 0.644. The summed E-state index contributed by atoms with van der Waals surface area (Å²) in [5, 5.41) is 7.40. The van der Waals surface area contributed by atoms with Gasteiger partial charge in [0.1, 0.15) is 5.84 Å². The van der Waals surface area contributed by atoms with Crippen LogP contribution in [0.15, 0.2) is 18.2 Å². The maximum atomic E-state index is 12.9. The summed E-state index contributed by atoms with van der Waals surface area (Å²) in [6.45, 7) is 3.54. The highest BCUT2D eigenvalue weighted by Gasteiger charge is 2.34. The van der Waals surface area contributed by atoms with E-state index in [4.69, 9.17) is 11.1 Å². The third-order valence-corrected chi connectivity index (χ3v) is 4.05. The number of hydrogen-bond acceptors (Lipinski definition) is 2. The van der Waals surface area contributed by atoms with Gasteiger partial charge in [-0.15, -0.1) is 0 Å². The summed E-state index contributed by atoms with van der Waals surface area (Å²) in [5.41, 5.74) is 4.93. The van der Waals surface area contributed by atoms with E-state index >= 15 is 0 Å². The van der Waals surface area contributed by atoms with Crippen LogP contribution in [0.3, 0.4) is 0 Å². The molecule has 0 aromatic heterocycles. The van der Waals surface area contributed by atoms with Crippen molar-refractivity contribution in [2.45, 2.75) is 32.4 Å². The Balaban J connectivity index is 2.31. The maximum absolute atomic E-state index is 12.9. The summed E-state index contributed by atoms with van der Waals surface area (Å²) in [5.74, 6) is 0.0666. The molecule has 116 valence electrons. The Labute approximate surface area is 122 Å². The predicted molar refractivity (Wildman–Crippen MR) is 77.7 cm³/mol. The lowest BCUT2D eigenvalue weighted by Gasteiger charge is -2.33. The monoisotopic (exact) mass is 299 g/mol. The molecule has 6 heteroatoms. The zero-order valence-electron chi connectivity index (χ0n) is 12.0. The van der Waals surface area contributed by atoms with Gasteiger partial charge in [0.2, 0.25) is 0 Å². The summed E-state index contributed by atoms with van der Waals surface area (Å²) in [4.78, 5) is 2.05. The Bertz CT molecular complexity index is 521. The third kappa shape index (κ3) is 3.49. The normalized spacial score (nSPS) is 15.6. The van der Waals surface area contributed by atoms with E-state index in [9.17, 15) is 13.2 Å². The molecule has 2 rings (SSSR count). The number of nitrogen functional groups attached to an aromatic ring is 1. The van der Waals surface area contributed by atoms with E-state index < -0.39 is 17.6 Å².